The number of morpholine rings is 1. The van der Waals surface area contributed by atoms with Crippen LogP contribution in [0.4, 0.5) is 22.4 Å². The van der Waals surface area contributed by atoms with Gasteiger partial charge in [-0.3, -0.25) is 9.69 Å². The highest BCUT2D eigenvalue weighted by Gasteiger charge is 2.49. The van der Waals surface area contributed by atoms with E-state index in [4.69, 9.17) is 4.74 Å². The van der Waals surface area contributed by atoms with Crippen LogP contribution >= 0.6 is 0 Å². The van der Waals surface area contributed by atoms with Gasteiger partial charge < -0.3 is 19.9 Å². The average molecular weight is 430 g/mol. The fraction of sp³-hybridized carbons (Fsp3) is 0.579. The smallest absolute Gasteiger partial charge is 0.369 e. The van der Waals surface area contributed by atoms with Crippen molar-refractivity contribution in [2.45, 2.75) is 18.3 Å². The van der Waals surface area contributed by atoms with Gasteiger partial charge in [0, 0.05) is 51.4 Å². The summed E-state index contributed by atoms with van der Waals surface area (Å²) < 4.78 is 57.3. The zero-order valence-electron chi connectivity index (χ0n) is 16.2. The van der Waals surface area contributed by atoms with Crippen molar-refractivity contribution in [3.8, 4) is 0 Å². The molecule has 3 aliphatic heterocycles. The molecule has 164 valence electrons. The minimum atomic E-state index is -4.58. The Morgan fingerprint density at radius 3 is 2.43 bits per heavy atom. The lowest BCUT2D eigenvalue weighted by Gasteiger charge is -2.53. The van der Waals surface area contributed by atoms with Crippen LogP contribution in [0.3, 0.4) is 0 Å². The molecule has 0 unspecified atom stereocenters. The molecule has 1 aromatic carbocycles. The van der Waals surface area contributed by atoms with E-state index in [-0.39, 0.29) is 30.7 Å². The molecule has 1 aromatic rings. The number of carbonyl (C=O) groups excluding carboxylic acids is 2. The molecule has 30 heavy (non-hydrogen) atoms. The van der Waals surface area contributed by atoms with E-state index >= 15 is 0 Å². The van der Waals surface area contributed by atoms with Crippen LogP contribution in [0.2, 0.25) is 0 Å². The third-order valence-corrected chi connectivity index (χ3v) is 5.69. The van der Waals surface area contributed by atoms with Gasteiger partial charge in [0.1, 0.15) is 12.4 Å². The summed E-state index contributed by atoms with van der Waals surface area (Å²) in [6.07, 6.45) is -4.58. The molecule has 0 radical (unpaired) electrons. The highest BCUT2D eigenvalue weighted by Crippen LogP contribution is 2.30. The predicted molar refractivity (Wildman–Crippen MR) is 96.9 cm³/mol. The second-order valence-corrected chi connectivity index (χ2v) is 8.03. The number of hydrogen-bond acceptors (Lipinski definition) is 4. The van der Waals surface area contributed by atoms with Crippen LogP contribution in [-0.2, 0) is 22.3 Å². The Kier molecular flexibility index (Phi) is 5.35. The molecule has 3 saturated heterocycles. The van der Waals surface area contributed by atoms with Gasteiger partial charge in [-0.25, -0.2) is 9.18 Å². The van der Waals surface area contributed by atoms with E-state index in [0.717, 1.165) is 12.1 Å². The van der Waals surface area contributed by atoms with Crippen molar-refractivity contribution in [1.29, 1.82) is 0 Å². The van der Waals surface area contributed by atoms with Crippen LogP contribution in [0.25, 0.3) is 0 Å². The Morgan fingerprint density at radius 1 is 1.13 bits per heavy atom. The lowest BCUT2D eigenvalue weighted by Crippen LogP contribution is -2.76. The van der Waals surface area contributed by atoms with Crippen LogP contribution in [0.1, 0.15) is 11.1 Å². The van der Waals surface area contributed by atoms with E-state index in [1.54, 1.807) is 9.80 Å². The van der Waals surface area contributed by atoms with Crippen LogP contribution in [0.5, 0.6) is 0 Å². The molecule has 4 rings (SSSR count). The summed E-state index contributed by atoms with van der Waals surface area (Å²) >= 11 is 0. The van der Waals surface area contributed by atoms with Crippen LogP contribution in [0.15, 0.2) is 18.2 Å². The lowest BCUT2D eigenvalue weighted by molar-refractivity contribution is -0.141. The first-order chi connectivity index (χ1) is 14.2. The van der Waals surface area contributed by atoms with Gasteiger partial charge in [0.2, 0.25) is 5.91 Å². The third-order valence-electron chi connectivity index (χ3n) is 5.69. The van der Waals surface area contributed by atoms with Gasteiger partial charge in [-0.15, -0.1) is 0 Å². The van der Waals surface area contributed by atoms with E-state index in [0.29, 0.717) is 51.9 Å². The number of halogens is 4. The van der Waals surface area contributed by atoms with Crippen molar-refractivity contribution >= 4 is 11.9 Å². The van der Waals surface area contributed by atoms with Crippen molar-refractivity contribution in [2.75, 3.05) is 52.5 Å². The van der Waals surface area contributed by atoms with Crippen LogP contribution in [0, 0.1) is 5.82 Å². The molecule has 1 spiro atoms. The zero-order valence-corrected chi connectivity index (χ0v) is 16.2. The first kappa shape index (κ1) is 20.9. The van der Waals surface area contributed by atoms with Gasteiger partial charge in [-0.05, 0) is 12.1 Å². The zero-order chi connectivity index (χ0) is 21.5. The molecule has 3 amide bonds. The molecule has 3 heterocycles. The predicted octanol–water partition coefficient (Wildman–Crippen LogP) is 1.28. The molecular formula is C19H22F4N4O3. The minimum Gasteiger partial charge on any atom is -0.369 e. The molecule has 3 fully saturated rings. The standard InChI is InChI=1S/C19H22F4N4O3/c20-15-7-14(19(21,22)23)2-1-13(15)8-25-3-5-26(6-4-25)17(29)27-10-18(11-27)12-30-9-16(28)24-18/h1-2,7H,3-6,8-12H2,(H,24,28). The van der Waals surface area contributed by atoms with Gasteiger partial charge >= 0.3 is 12.2 Å². The fourth-order valence-corrected chi connectivity index (χ4v) is 4.09. The number of amides is 3. The number of rotatable bonds is 2. The Balaban J connectivity index is 1.26. The topological polar surface area (TPSA) is 65.1 Å². The van der Waals surface area contributed by atoms with Gasteiger partial charge in [-0.1, -0.05) is 6.07 Å². The third kappa shape index (κ3) is 4.22. The van der Waals surface area contributed by atoms with Crippen molar-refractivity contribution in [3.63, 3.8) is 0 Å². The summed E-state index contributed by atoms with van der Waals surface area (Å²) in [5.74, 6) is -1.07. The molecule has 3 aliphatic rings. The number of urea groups is 1. The number of alkyl halides is 3. The van der Waals surface area contributed by atoms with E-state index in [1.807, 2.05) is 4.90 Å². The first-order valence-corrected chi connectivity index (χ1v) is 9.66. The average Bonchev–Trinajstić information content (AvgIpc) is 2.67. The number of benzene rings is 1. The number of piperazine rings is 1. The van der Waals surface area contributed by atoms with Gasteiger partial charge in [0.25, 0.3) is 0 Å². The summed E-state index contributed by atoms with van der Waals surface area (Å²) in [4.78, 5) is 29.4. The SMILES string of the molecule is O=C1COCC2(CN(C(=O)N3CCN(Cc4ccc(C(F)(F)F)cc4F)CC3)C2)N1. The first-order valence-electron chi connectivity index (χ1n) is 9.66. The molecule has 7 nitrogen and oxygen atoms in total. The maximum absolute atomic E-state index is 14.1. The van der Waals surface area contributed by atoms with Crippen molar-refractivity contribution in [3.05, 3.63) is 35.1 Å². The van der Waals surface area contributed by atoms with Gasteiger partial charge in [-0.2, -0.15) is 13.2 Å². The molecular weight excluding hydrogens is 408 g/mol. The number of nitrogens with one attached hydrogen (secondary N) is 1. The summed E-state index contributed by atoms with van der Waals surface area (Å²) in [6, 6.07) is 2.44. The molecule has 0 aromatic heterocycles. The van der Waals surface area contributed by atoms with Crippen molar-refractivity contribution < 1.29 is 31.9 Å². The summed E-state index contributed by atoms with van der Waals surface area (Å²) in [7, 11) is 0. The molecule has 0 bridgehead atoms. The van der Waals surface area contributed by atoms with E-state index < -0.39 is 23.1 Å². The molecule has 0 atom stereocenters. The number of hydrogen-bond donors (Lipinski definition) is 1. The van der Waals surface area contributed by atoms with Gasteiger partial charge in [0.15, 0.2) is 0 Å². The second-order valence-electron chi connectivity index (χ2n) is 8.03. The number of ether oxygens (including phenoxy) is 1. The van der Waals surface area contributed by atoms with Crippen LogP contribution in [-0.4, -0.2) is 84.7 Å². The Morgan fingerprint density at radius 2 is 1.83 bits per heavy atom. The monoisotopic (exact) mass is 430 g/mol. The molecule has 0 aliphatic carbocycles. The van der Waals surface area contributed by atoms with E-state index in [2.05, 4.69) is 5.32 Å². The van der Waals surface area contributed by atoms with E-state index in [1.165, 1.54) is 0 Å². The number of nitrogens with zero attached hydrogens (tertiary/aromatic N) is 3. The second kappa shape index (κ2) is 7.69. The van der Waals surface area contributed by atoms with Crippen molar-refractivity contribution in [1.82, 2.24) is 20.0 Å². The highest BCUT2D eigenvalue weighted by atomic mass is 19.4. The maximum Gasteiger partial charge on any atom is 0.416 e. The fourth-order valence-electron chi connectivity index (χ4n) is 4.09. The molecule has 11 heteroatoms. The summed E-state index contributed by atoms with van der Waals surface area (Å²) in [5.41, 5.74) is -1.31. The lowest BCUT2D eigenvalue weighted by atomic mass is 9.90. The Hall–Kier alpha value is -2.40. The van der Waals surface area contributed by atoms with Gasteiger partial charge in [0.05, 0.1) is 17.7 Å². The van der Waals surface area contributed by atoms with Crippen molar-refractivity contribution in [2.24, 2.45) is 0 Å². The normalized spacial score (nSPS) is 22.1. The van der Waals surface area contributed by atoms with Crippen LogP contribution < -0.4 is 5.32 Å². The Bertz CT molecular complexity index is 834. The maximum atomic E-state index is 14.1. The molecule has 1 N–H and O–H groups in total. The number of likely N-dealkylation sites (tertiary alicyclic amines) is 1. The largest absolute Gasteiger partial charge is 0.416 e. The Labute approximate surface area is 170 Å². The number of carbonyl (C=O) groups is 2. The quantitative estimate of drug-likeness (QED) is 0.719. The van der Waals surface area contributed by atoms with E-state index in [9.17, 15) is 27.2 Å². The summed E-state index contributed by atoms with van der Waals surface area (Å²) in [5, 5.41) is 2.88. The highest BCUT2D eigenvalue weighted by molar-refractivity contribution is 5.81. The summed E-state index contributed by atoms with van der Waals surface area (Å²) in [6.45, 7) is 3.26. The minimum absolute atomic E-state index is 0.0389. The molecule has 0 saturated carbocycles.